The SMILES string of the molecule is CNC(CCO)c1cnccc1C. The number of hydrogen-bond acceptors (Lipinski definition) is 3. The largest absolute Gasteiger partial charge is 0.396 e. The second-order valence-electron chi connectivity index (χ2n) is 3.09. The van der Waals surface area contributed by atoms with Gasteiger partial charge in [-0.25, -0.2) is 0 Å². The van der Waals surface area contributed by atoms with Crippen molar-refractivity contribution in [2.75, 3.05) is 13.7 Å². The number of nitrogens with zero attached hydrogens (tertiary/aromatic N) is 1. The molecule has 0 aliphatic carbocycles. The summed E-state index contributed by atoms with van der Waals surface area (Å²) in [5.74, 6) is 0. The van der Waals surface area contributed by atoms with Gasteiger partial charge < -0.3 is 10.4 Å². The monoisotopic (exact) mass is 180 g/mol. The number of hydrogen-bond donors (Lipinski definition) is 2. The first kappa shape index (κ1) is 10.2. The number of pyridine rings is 1. The summed E-state index contributed by atoms with van der Waals surface area (Å²) in [7, 11) is 1.90. The molecule has 2 N–H and O–H groups in total. The Balaban J connectivity index is 2.84. The highest BCUT2D eigenvalue weighted by atomic mass is 16.3. The molecule has 1 rings (SSSR count). The summed E-state index contributed by atoms with van der Waals surface area (Å²) in [6.45, 7) is 2.25. The summed E-state index contributed by atoms with van der Waals surface area (Å²) in [6, 6.07) is 2.19. The average Bonchev–Trinajstić information content (AvgIpc) is 2.16. The van der Waals surface area contributed by atoms with Crippen molar-refractivity contribution in [2.45, 2.75) is 19.4 Å². The lowest BCUT2D eigenvalue weighted by molar-refractivity contribution is 0.268. The number of aliphatic hydroxyl groups is 1. The van der Waals surface area contributed by atoms with Crippen molar-refractivity contribution in [1.29, 1.82) is 0 Å². The molecule has 13 heavy (non-hydrogen) atoms. The summed E-state index contributed by atoms with van der Waals surface area (Å²) in [6.07, 6.45) is 4.36. The van der Waals surface area contributed by atoms with Crippen molar-refractivity contribution in [2.24, 2.45) is 0 Å². The zero-order valence-electron chi connectivity index (χ0n) is 8.12. The van der Waals surface area contributed by atoms with E-state index >= 15 is 0 Å². The number of aromatic nitrogens is 1. The van der Waals surface area contributed by atoms with E-state index < -0.39 is 0 Å². The highest BCUT2D eigenvalue weighted by Crippen LogP contribution is 2.18. The Labute approximate surface area is 78.8 Å². The lowest BCUT2D eigenvalue weighted by Gasteiger charge is -2.16. The van der Waals surface area contributed by atoms with Crippen LogP contribution >= 0.6 is 0 Å². The van der Waals surface area contributed by atoms with Crippen LogP contribution in [0.1, 0.15) is 23.6 Å². The Morgan fingerprint density at radius 2 is 2.38 bits per heavy atom. The molecule has 0 aliphatic rings. The zero-order chi connectivity index (χ0) is 9.68. The minimum Gasteiger partial charge on any atom is -0.396 e. The van der Waals surface area contributed by atoms with Crippen LogP contribution in [0.5, 0.6) is 0 Å². The van der Waals surface area contributed by atoms with Crippen LogP contribution in [0.3, 0.4) is 0 Å². The second kappa shape index (κ2) is 4.94. The first-order valence-corrected chi connectivity index (χ1v) is 4.48. The summed E-state index contributed by atoms with van der Waals surface area (Å²) < 4.78 is 0. The van der Waals surface area contributed by atoms with E-state index in [1.54, 1.807) is 6.20 Å². The minimum absolute atomic E-state index is 0.194. The van der Waals surface area contributed by atoms with Gasteiger partial charge in [0.15, 0.2) is 0 Å². The molecule has 0 spiro atoms. The van der Waals surface area contributed by atoms with E-state index in [9.17, 15) is 0 Å². The molecule has 1 unspecified atom stereocenters. The molecule has 3 heteroatoms. The molecule has 0 bridgehead atoms. The van der Waals surface area contributed by atoms with Gasteiger partial charge in [0, 0.05) is 25.0 Å². The zero-order valence-corrected chi connectivity index (χ0v) is 8.12. The van der Waals surface area contributed by atoms with Gasteiger partial charge in [-0.3, -0.25) is 4.98 Å². The molecular weight excluding hydrogens is 164 g/mol. The first-order valence-electron chi connectivity index (χ1n) is 4.48. The molecule has 0 saturated carbocycles. The molecule has 1 heterocycles. The normalized spacial score (nSPS) is 12.8. The van der Waals surface area contributed by atoms with Crippen LogP contribution in [0.25, 0.3) is 0 Å². The third-order valence-corrected chi connectivity index (χ3v) is 2.22. The van der Waals surface area contributed by atoms with Crippen molar-refractivity contribution < 1.29 is 5.11 Å². The van der Waals surface area contributed by atoms with Crippen molar-refractivity contribution in [1.82, 2.24) is 10.3 Å². The Morgan fingerprint density at radius 3 is 2.92 bits per heavy atom. The second-order valence-corrected chi connectivity index (χ2v) is 3.09. The number of aryl methyl sites for hydroxylation is 1. The third-order valence-electron chi connectivity index (χ3n) is 2.22. The van der Waals surface area contributed by atoms with Crippen LogP contribution in [-0.4, -0.2) is 23.7 Å². The number of nitrogens with one attached hydrogen (secondary N) is 1. The Hall–Kier alpha value is -0.930. The third kappa shape index (κ3) is 2.50. The van der Waals surface area contributed by atoms with Crippen LogP contribution < -0.4 is 5.32 Å². The topological polar surface area (TPSA) is 45.1 Å². The Morgan fingerprint density at radius 1 is 1.62 bits per heavy atom. The van der Waals surface area contributed by atoms with E-state index in [0.717, 1.165) is 6.42 Å². The van der Waals surface area contributed by atoms with Gasteiger partial charge in [0.25, 0.3) is 0 Å². The van der Waals surface area contributed by atoms with E-state index in [-0.39, 0.29) is 12.6 Å². The molecule has 3 nitrogen and oxygen atoms in total. The van der Waals surface area contributed by atoms with E-state index in [2.05, 4.69) is 17.2 Å². The van der Waals surface area contributed by atoms with Gasteiger partial charge in [-0.2, -0.15) is 0 Å². The molecule has 1 aromatic heterocycles. The molecule has 1 aromatic rings. The highest BCUT2D eigenvalue weighted by molar-refractivity contribution is 5.24. The fraction of sp³-hybridized carbons (Fsp3) is 0.500. The number of aliphatic hydroxyl groups excluding tert-OH is 1. The summed E-state index contributed by atoms with van der Waals surface area (Å²) in [5.41, 5.74) is 2.38. The molecule has 72 valence electrons. The average molecular weight is 180 g/mol. The maximum absolute atomic E-state index is 8.86. The van der Waals surface area contributed by atoms with Crippen LogP contribution in [0, 0.1) is 6.92 Å². The molecule has 1 atom stereocenters. The molecule has 0 aliphatic heterocycles. The fourth-order valence-electron chi connectivity index (χ4n) is 1.43. The minimum atomic E-state index is 0.194. The van der Waals surface area contributed by atoms with E-state index in [1.165, 1.54) is 11.1 Å². The van der Waals surface area contributed by atoms with Gasteiger partial charge in [0.1, 0.15) is 0 Å². The summed E-state index contributed by atoms with van der Waals surface area (Å²) in [5, 5.41) is 12.0. The van der Waals surface area contributed by atoms with Gasteiger partial charge in [0.05, 0.1) is 0 Å². The van der Waals surface area contributed by atoms with Crippen LogP contribution in [0.2, 0.25) is 0 Å². The smallest absolute Gasteiger partial charge is 0.0449 e. The molecule has 0 saturated heterocycles. The Kier molecular flexibility index (Phi) is 3.86. The maximum atomic E-state index is 8.86. The number of rotatable bonds is 4. The fourth-order valence-corrected chi connectivity index (χ4v) is 1.43. The summed E-state index contributed by atoms with van der Waals surface area (Å²) in [4.78, 5) is 4.07. The Bertz CT molecular complexity index is 263. The molecular formula is C10H16N2O. The van der Waals surface area contributed by atoms with Gasteiger partial charge in [-0.1, -0.05) is 0 Å². The standard InChI is InChI=1S/C10H16N2O/c1-8-3-5-12-7-9(8)10(11-2)4-6-13/h3,5,7,10-11,13H,4,6H2,1-2H3. The molecule has 0 fully saturated rings. The first-order chi connectivity index (χ1) is 6.29. The van der Waals surface area contributed by atoms with Crippen molar-refractivity contribution in [3.05, 3.63) is 29.6 Å². The van der Waals surface area contributed by atoms with E-state index in [4.69, 9.17) is 5.11 Å². The van der Waals surface area contributed by atoms with Gasteiger partial charge >= 0.3 is 0 Å². The molecule has 0 aromatic carbocycles. The summed E-state index contributed by atoms with van der Waals surface area (Å²) >= 11 is 0. The van der Waals surface area contributed by atoms with Gasteiger partial charge in [-0.05, 0) is 37.6 Å². The highest BCUT2D eigenvalue weighted by Gasteiger charge is 2.10. The lowest BCUT2D eigenvalue weighted by atomic mass is 10.0. The van der Waals surface area contributed by atoms with Crippen molar-refractivity contribution in [3.8, 4) is 0 Å². The van der Waals surface area contributed by atoms with Crippen molar-refractivity contribution >= 4 is 0 Å². The van der Waals surface area contributed by atoms with Crippen LogP contribution in [-0.2, 0) is 0 Å². The van der Waals surface area contributed by atoms with Crippen LogP contribution in [0.15, 0.2) is 18.5 Å². The lowest BCUT2D eigenvalue weighted by Crippen LogP contribution is -2.18. The molecule has 0 radical (unpaired) electrons. The van der Waals surface area contributed by atoms with E-state index in [1.807, 2.05) is 19.3 Å². The maximum Gasteiger partial charge on any atom is 0.0449 e. The van der Waals surface area contributed by atoms with E-state index in [0.29, 0.717) is 0 Å². The predicted octanol–water partition coefficient (Wildman–Crippen LogP) is 1.03. The van der Waals surface area contributed by atoms with Gasteiger partial charge in [-0.15, -0.1) is 0 Å². The van der Waals surface area contributed by atoms with Gasteiger partial charge in [0.2, 0.25) is 0 Å². The molecule has 0 amide bonds. The predicted molar refractivity (Wildman–Crippen MR) is 52.5 cm³/mol. The quantitative estimate of drug-likeness (QED) is 0.727. The van der Waals surface area contributed by atoms with Crippen molar-refractivity contribution in [3.63, 3.8) is 0 Å². The van der Waals surface area contributed by atoms with Crippen LogP contribution in [0.4, 0.5) is 0 Å².